The molecule has 4 nitrogen and oxygen atoms in total. The van der Waals surface area contributed by atoms with Gasteiger partial charge in [0.2, 0.25) is 0 Å². The topological polar surface area (TPSA) is 69.1 Å². The van der Waals surface area contributed by atoms with Gasteiger partial charge in [0.15, 0.2) is 0 Å². The van der Waals surface area contributed by atoms with Crippen LogP contribution in [-0.4, -0.2) is 4.98 Å². The second-order valence-electron chi connectivity index (χ2n) is 2.91. The van der Waals surface area contributed by atoms with Crippen molar-refractivity contribution in [3.63, 3.8) is 0 Å². The molecule has 2 N–H and O–H groups in total. The average Bonchev–Trinajstić information content (AvgIpc) is 2.17. The zero-order chi connectivity index (χ0) is 10.8. The fourth-order valence-electron chi connectivity index (χ4n) is 1.19. The predicted octanol–water partition coefficient (Wildman–Crippen LogP) is 1.94. The normalized spacial score (nSPS) is 10.2. The first-order valence-corrected chi connectivity index (χ1v) is 4.56. The van der Waals surface area contributed by atoms with Crippen molar-refractivity contribution < 1.29 is 4.42 Å². The van der Waals surface area contributed by atoms with Crippen molar-refractivity contribution in [2.75, 3.05) is 5.73 Å². The Labute approximate surface area is 90.3 Å². The Balaban J connectivity index is 2.54. The first-order valence-electron chi connectivity index (χ1n) is 4.19. The van der Waals surface area contributed by atoms with E-state index < -0.39 is 5.63 Å². The summed E-state index contributed by atoms with van der Waals surface area (Å²) in [6.45, 7) is 0. The lowest BCUT2D eigenvalue weighted by molar-refractivity contribution is 0.515. The lowest BCUT2D eigenvalue weighted by atomic mass is 10.1. The van der Waals surface area contributed by atoms with Gasteiger partial charge in [0, 0.05) is 10.6 Å². The smallest absolute Gasteiger partial charge is 0.340 e. The maximum Gasteiger partial charge on any atom is 0.340 e. The van der Waals surface area contributed by atoms with Gasteiger partial charge in [0.05, 0.1) is 11.8 Å². The van der Waals surface area contributed by atoms with Crippen molar-refractivity contribution in [3.8, 4) is 11.3 Å². The highest BCUT2D eigenvalue weighted by molar-refractivity contribution is 6.30. The molecule has 76 valence electrons. The molecular formula is C10H7ClN2O2. The highest BCUT2D eigenvalue weighted by Crippen LogP contribution is 2.18. The van der Waals surface area contributed by atoms with Crippen molar-refractivity contribution in [2.45, 2.75) is 0 Å². The number of nitrogen functional groups attached to an aromatic ring is 1. The molecule has 0 aliphatic heterocycles. The van der Waals surface area contributed by atoms with E-state index in [-0.39, 0.29) is 6.01 Å². The molecule has 0 bridgehead atoms. The number of anilines is 1. The summed E-state index contributed by atoms with van der Waals surface area (Å²) in [5, 5.41) is 0.620. The second-order valence-corrected chi connectivity index (χ2v) is 3.34. The number of halogens is 1. The monoisotopic (exact) mass is 222 g/mol. The van der Waals surface area contributed by atoms with E-state index in [2.05, 4.69) is 9.40 Å². The quantitative estimate of drug-likeness (QED) is 0.801. The van der Waals surface area contributed by atoms with Gasteiger partial charge in [-0.25, -0.2) is 4.79 Å². The van der Waals surface area contributed by atoms with Crippen LogP contribution in [0.5, 0.6) is 0 Å². The molecule has 0 saturated carbocycles. The molecule has 0 aliphatic rings. The van der Waals surface area contributed by atoms with Gasteiger partial charge in [0.25, 0.3) is 6.01 Å². The van der Waals surface area contributed by atoms with Crippen LogP contribution in [-0.2, 0) is 0 Å². The summed E-state index contributed by atoms with van der Waals surface area (Å²) in [7, 11) is 0. The Morgan fingerprint density at radius 2 is 1.93 bits per heavy atom. The minimum Gasteiger partial charge on any atom is -0.389 e. The summed E-state index contributed by atoms with van der Waals surface area (Å²) in [5.41, 5.74) is 6.04. The van der Waals surface area contributed by atoms with Crippen molar-refractivity contribution in [1.82, 2.24) is 4.98 Å². The molecule has 0 radical (unpaired) electrons. The highest BCUT2D eigenvalue weighted by atomic mass is 35.5. The van der Waals surface area contributed by atoms with Gasteiger partial charge in [-0.05, 0) is 12.1 Å². The summed E-state index contributed by atoms with van der Waals surface area (Å²) >= 11 is 5.74. The van der Waals surface area contributed by atoms with Crippen LogP contribution in [0.25, 0.3) is 11.3 Å². The zero-order valence-corrected chi connectivity index (χ0v) is 8.36. The molecular weight excluding hydrogens is 216 g/mol. The molecule has 0 unspecified atom stereocenters. The number of nitrogens with two attached hydrogens (primary N) is 1. The first-order chi connectivity index (χ1) is 7.15. The van der Waals surface area contributed by atoms with Gasteiger partial charge >= 0.3 is 5.63 Å². The average molecular weight is 223 g/mol. The number of nitrogens with zero attached hydrogens (tertiary/aromatic N) is 1. The maximum absolute atomic E-state index is 11.0. The molecule has 2 rings (SSSR count). The second kappa shape index (κ2) is 3.74. The van der Waals surface area contributed by atoms with Crippen LogP contribution in [0.2, 0.25) is 5.02 Å². The van der Waals surface area contributed by atoms with Gasteiger partial charge < -0.3 is 10.2 Å². The molecule has 15 heavy (non-hydrogen) atoms. The van der Waals surface area contributed by atoms with Crippen molar-refractivity contribution >= 4 is 17.6 Å². The largest absolute Gasteiger partial charge is 0.389 e. The standard InChI is InChI=1S/C10H7ClN2O2/c11-7-3-1-6(2-4-7)8-5-9(14)15-10(12)13-8/h1-5H,(H2,12,13). The number of benzene rings is 1. The van der Waals surface area contributed by atoms with Crippen LogP contribution in [0.3, 0.4) is 0 Å². The van der Waals surface area contributed by atoms with E-state index >= 15 is 0 Å². The van der Waals surface area contributed by atoms with Crippen LogP contribution in [0.1, 0.15) is 0 Å². The number of aromatic nitrogens is 1. The Morgan fingerprint density at radius 1 is 1.27 bits per heavy atom. The molecule has 5 heteroatoms. The van der Waals surface area contributed by atoms with Crippen LogP contribution in [0.4, 0.5) is 6.01 Å². The molecule has 0 saturated heterocycles. The summed E-state index contributed by atoms with van der Waals surface area (Å²) < 4.78 is 4.55. The first kappa shape index (κ1) is 9.73. The Hall–Kier alpha value is -1.81. The van der Waals surface area contributed by atoms with E-state index in [1.165, 1.54) is 6.07 Å². The lowest BCUT2D eigenvalue weighted by Crippen LogP contribution is -2.03. The maximum atomic E-state index is 11.0. The molecule has 0 aliphatic carbocycles. The van der Waals surface area contributed by atoms with E-state index in [1.54, 1.807) is 24.3 Å². The van der Waals surface area contributed by atoms with E-state index in [1.807, 2.05) is 0 Å². The summed E-state index contributed by atoms with van der Waals surface area (Å²) in [4.78, 5) is 14.9. The Bertz CT molecular complexity index is 534. The fraction of sp³-hybridized carbons (Fsp3) is 0. The number of hydrogen-bond donors (Lipinski definition) is 1. The van der Waals surface area contributed by atoms with Crippen LogP contribution in [0.15, 0.2) is 39.5 Å². The molecule has 1 aromatic heterocycles. The Kier molecular flexibility index (Phi) is 2.43. The third-order valence-electron chi connectivity index (χ3n) is 1.83. The number of rotatable bonds is 1. The minimum atomic E-state index is -0.521. The third-order valence-corrected chi connectivity index (χ3v) is 2.08. The third kappa shape index (κ3) is 2.16. The van der Waals surface area contributed by atoms with Crippen molar-refractivity contribution in [2.24, 2.45) is 0 Å². The molecule has 1 aromatic carbocycles. The fourth-order valence-corrected chi connectivity index (χ4v) is 1.31. The summed E-state index contributed by atoms with van der Waals surface area (Å²) in [6.07, 6.45) is 0. The molecule has 2 aromatic rings. The Morgan fingerprint density at radius 3 is 2.53 bits per heavy atom. The lowest BCUT2D eigenvalue weighted by Gasteiger charge is -2.00. The van der Waals surface area contributed by atoms with Gasteiger partial charge in [-0.15, -0.1) is 0 Å². The predicted molar refractivity (Wildman–Crippen MR) is 57.6 cm³/mol. The SMILES string of the molecule is Nc1nc(-c2ccc(Cl)cc2)cc(=O)o1. The minimum absolute atomic E-state index is 0.146. The summed E-state index contributed by atoms with van der Waals surface area (Å²) in [6, 6.07) is 8.06. The highest BCUT2D eigenvalue weighted by Gasteiger charge is 2.03. The van der Waals surface area contributed by atoms with Gasteiger partial charge in [0.1, 0.15) is 0 Å². The van der Waals surface area contributed by atoms with Crippen molar-refractivity contribution in [1.29, 1.82) is 0 Å². The van der Waals surface area contributed by atoms with Crippen LogP contribution >= 0.6 is 11.6 Å². The van der Waals surface area contributed by atoms with Crippen LogP contribution < -0.4 is 11.4 Å². The molecule has 0 fully saturated rings. The zero-order valence-electron chi connectivity index (χ0n) is 7.61. The van der Waals surface area contributed by atoms with Gasteiger partial charge in [-0.1, -0.05) is 23.7 Å². The van der Waals surface area contributed by atoms with Gasteiger partial charge in [-0.3, -0.25) is 0 Å². The molecule has 1 heterocycles. The van der Waals surface area contributed by atoms with Gasteiger partial charge in [-0.2, -0.15) is 4.98 Å². The van der Waals surface area contributed by atoms with Crippen LogP contribution in [0, 0.1) is 0 Å². The van der Waals surface area contributed by atoms with E-state index in [0.29, 0.717) is 10.7 Å². The van der Waals surface area contributed by atoms with E-state index in [0.717, 1.165) is 5.56 Å². The molecule has 0 atom stereocenters. The van der Waals surface area contributed by atoms with E-state index in [4.69, 9.17) is 17.3 Å². The van der Waals surface area contributed by atoms with E-state index in [9.17, 15) is 4.79 Å². The molecule has 0 amide bonds. The van der Waals surface area contributed by atoms with Crippen molar-refractivity contribution in [3.05, 3.63) is 45.8 Å². The summed E-state index contributed by atoms with van der Waals surface area (Å²) in [5.74, 6) is 0. The molecule has 0 spiro atoms. The number of hydrogen-bond acceptors (Lipinski definition) is 4.